The largest absolute Gasteiger partial charge is 0.331 e. The topological polar surface area (TPSA) is 63.7 Å². The molecule has 2 N–H and O–H groups in total. The van der Waals surface area contributed by atoms with Crippen LogP contribution in [0.1, 0.15) is 59.6 Å². The number of fused-ring (bicyclic) bond motifs is 1. The molecule has 0 bridgehead atoms. The molecule has 1 amide bonds. The molecule has 31 heavy (non-hydrogen) atoms. The molecule has 0 atom stereocenters. The molecule has 10 heteroatoms. The fourth-order valence-corrected chi connectivity index (χ4v) is 3.81. The van der Waals surface area contributed by atoms with Gasteiger partial charge in [-0.2, -0.15) is 5.10 Å². The molecule has 6 nitrogen and oxygen atoms in total. The SMILES string of the molecule is O=C(Nc1ccc(C[NH+]2CCCCC2)cc1)c1cc2nc(C(F)F)cc(C(F)F)n2n1. The van der Waals surface area contributed by atoms with E-state index in [0.29, 0.717) is 11.8 Å². The van der Waals surface area contributed by atoms with Crippen molar-refractivity contribution in [2.45, 2.75) is 38.7 Å². The highest BCUT2D eigenvalue weighted by molar-refractivity contribution is 6.03. The molecule has 2 aromatic heterocycles. The highest BCUT2D eigenvalue weighted by Crippen LogP contribution is 2.25. The van der Waals surface area contributed by atoms with Crippen molar-refractivity contribution in [1.82, 2.24) is 14.6 Å². The van der Waals surface area contributed by atoms with Gasteiger partial charge in [0.15, 0.2) is 11.3 Å². The standard InChI is InChI=1S/C21H21F4N5O/c22-19(23)15-10-17(20(24)25)30-18(27-15)11-16(28-30)21(31)26-14-6-4-13(5-7-14)12-29-8-2-1-3-9-29/h4-7,10-11,19-20H,1-3,8-9,12H2,(H,26,31)/p+1. The molecular formula is C21H22F4N5O+. The van der Waals surface area contributed by atoms with Gasteiger partial charge in [0.1, 0.15) is 17.9 Å². The highest BCUT2D eigenvalue weighted by atomic mass is 19.3. The number of nitrogens with zero attached hydrogens (tertiary/aromatic N) is 3. The maximum atomic E-state index is 13.3. The van der Waals surface area contributed by atoms with Crippen LogP contribution in [0.2, 0.25) is 0 Å². The van der Waals surface area contributed by atoms with Crippen molar-refractivity contribution < 1.29 is 27.3 Å². The number of halogens is 4. The minimum absolute atomic E-state index is 0.192. The van der Waals surface area contributed by atoms with Gasteiger partial charge in [-0.05, 0) is 37.5 Å². The van der Waals surface area contributed by atoms with Gasteiger partial charge < -0.3 is 10.2 Å². The number of piperidine rings is 1. The Morgan fingerprint density at radius 2 is 1.74 bits per heavy atom. The predicted molar refractivity (Wildman–Crippen MR) is 106 cm³/mol. The first-order valence-corrected chi connectivity index (χ1v) is 10.1. The minimum atomic E-state index is -3.05. The molecule has 0 unspecified atom stereocenters. The Bertz CT molecular complexity index is 1060. The van der Waals surface area contributed by atoms with Crippen LogP contribution in [-0.2, 0) is 6.54 Å². The van der Waals surface area contributed by atoms with Crippen molar-refractivity contribution in [3.63, 3.8) is 0 Å². The van der Waals surface area contributed by atoms with E-state index in [9.17, 15) is 22.4 Å². The van der Waals surface area contributed by atoms with Crippen LogP contribution in [-0.4, -0.2) is 33.6 Å². The number of likely N-dealkylation sites (tertiary alicyclic amines) is 1. The second kappa shape index (κ2) is 9.01. The second-order valence-corrected chi connectivity index (χ2v) is 7.65. The van der Waals surface area contributed by atoms with Crippen molar-refractivity contribution in [3.8, 4) is 0 Å². The Hall–Kier alpha value is -3.01. The molecule has 1 fully saturated rings. The van der Waals surface area contributed by atoms with Gasteiger partial charge in [-0.15, -0.1) is 0 Å². The quantitative estimate of drug-likeness (QED) is 0.582. The maximum absolute atomic E-state index is 13.3. The van der Waals surface area contributed by atoms with E-state index in [1.54, 1.807) is 17.0 Å². The van der Waals surface area contributed by atoms with E-state index in [0.717, 1.165) is 35.8 Å². The van der Waals surface area contributed by atoms with Gasteiger partial charge in [-0.1, -0.05) is 12.1 Å². The number of nitrogens with one attached hydrogen (secondary N) is 2. The fourth-order valence-electron chi connectivity index (χ4n) is 3.81. The van der Waals surface area contributed by atoms with E-state index in [-0.39, 0.29) is 11.3 Å². The minimum Gasteiger partial charge on any atom is -0.331 e. The maximum Gasteiger partial charge on any atom is 0.280 e. The Labute approximate surface area is 175 Å². The molecule has 1 aliphatic heterocycles. The number of amides is 1. The van der Waals surface area contributed by atoms with Crippen LogP contribution in [0.3, 0.4) is 0 Å². The highest BCUT2D eigenvalue weighted by Gasteiger charge is 2.22. The molecule has 164 valence electrons. The number of aromatic nitrogens is 3. The molecule has 0 radical (unpaired) electrons. The van der Waals surface area contributed by atoms with Crippen LogP contribution < -0.4 is 10.2 Å². The summed E-state index contributed by atoms with van der Waals surface area (Å²) in [6, 6.07) is 9.12. The van der Waals surface area contributed by atoms with Crippen LogP contribution in [0.5, 0.6) is 0 Å². The lowest BCUT2D eigenvalue weighted by Crippen LogP contribution is -3.11. The number of carbonyl (C=O) groups excluding carboxylic acids is 1. The average Bonchev–Trinajstić information content (AvgIpc) is 3.19. The third kappa shape index (κ3) is 4.84. The number of rotatable bonds is 6. The van der Waals surface area contributed by atoms with Gasteiger partial charge >= 0.3 is 0 Å². The van der Waals surface area contributed by atoms with E-state index >= 15 is 0 Å². The molecule has 3 heterocycles. The van der Waals surface area contributed by atoms with Gasteiger partial charge in [0.2, 0.25) is 0 Å². The summed E-state index contributed by atoms with van der Waals surface area (Å²) >= 11 is 0. The summed E-state index contributed by atoms with van der Waals surface area (Å²) in [5.74, 6) is -0.640. The average molecular weight is 436 g/mol. The van der Waals surface area contributed by atoms with Crippen molar-refractivity contribution >= 4 is 17.2 Å². The molecular weight excluding hydrogens is 414 g/mol. The Morgan fingerprint density at radius 3 is 2.39 bits per heavy atom. The Balaban J connectivity index is 1.49. The zero-order chi connectivity index (χ0) is 22.0. The molecule has 4 rings (SSSR count). The molecule has 1 aliphatic rings. The van der Waals surface area contributed by atoms with Gasteiger partial charge in [0.05, 0.1) is 13.1 Å². The lowest BCUT2D eigenvalue weighted by molar-refractivity contribution is -0.918. The molecule has 0 saturated carbocycles. The lowest BCUT2D eigenvalue weighted by Gasteiger charge is -2.23. The fraction of sp³-hybridized carbons (Fsp3) is 0.381. The number of carbonyl (C=O) groups is 1. The number of alkyl halides is 4. The Morgan fingerprint density at radius 1 is 1.03 bits per heavy atom. The first-order valence-electron chi connectivity index (χ1n) is 10.1. The number of hydrogen-bond donors (Lipinski definition) is 2. The van der Waals surface area contributed by atoms with Crippen LogP contribution in [0.4, 0.5) is 23.2 Å². The monoisotopic (exact) mass is 436 g/mol. The third-order valence-electron chi connectivity index (χ3n) is 5.38. The smallest absolute Gasteiger partial charge is 0.280 e. The van der Waals surface area contributed by atoms with Gasteiger partial charge in [-0.3, -0.25) is 4.79 Å². The van der Waals surface area contributed by atoms with Gasteiger partial charge in [-0.25, -0.2) is 27.1 Å². The lowest BCUT2D eigenvalue weighted by atomic mass is 10.1. The summed E-state index contributed by atoms with van der Waals surface area (Å²) in [6.45, 7) is 3.25. The molecule has 1 saturated heterocycles. The zero-order valence-electron chi connectivity index (χ0n) is 16.6. The summed E-state index contributed by atoms with van der Waals surface area (Å²) in [7, 11) is 0. The zero-order valence-corrected chi connectivity index (χ0v) is 16.6. The molecule has 0 spiro atoms. The van der Waals surface area contributed by atoms with Crippen molar-refractivity contribution in [1.29, 1.82) is 0 Å². The van der Waals surface area contributed by atoms with Crippen molar-refractivity contribution in [2.24, 2.45) is 0 Å². The second-order valence-electron chi connectivity index (χ2n) is 7.65. The van der Waals surface area contributed by atoms with Crippen LogP contribution in [0.15, 0.2) is 36.4 Å². The predicted octanol–water partition coefficient (Wildman–Crippen LogP) is 3.43. The van der Waals surface area contributed by atoms with E-state index in [2.05, 4.69) is 15.4 Å². The first kappa shape index (κ1) is 21.2. The van der Waals surface area contributed by atoms with E-state index < -0.39 is 30.1 Å². The Kier molecular flexibility index (Phi) is 6.17. The molecule has 1 aromatic carbocycles. The van der Waals surface area contributed by atoms with E-state index in [1.165, 1.54) is 19.3 Å². The summed E-state index contributed by atoms with van der Waals surface area (Å²) in [5.41, 5.74) is -0.284. The number of benzene rings is 1. The van der Waals surface area contributed by atoms with E-state index in [4.69, 9.17) is 0 Å². The van der Waals surface area contributed by atoms with Gasteiger partial charge in [0.25, 0.3) is 18.8 Å². The summed E-state index contributed by atoms with van der Waals surface area (Å²) in [4.78, 5) is 17.7. The number of hydrogen-bond acceptors (Lipinski definition) is 3. The summed E-state index contributed by atoms with van der Waals surface area (Å²) in [5, 5.41) is 6.49. The summed E-state index contributed by atoms with van der Waals surface area (Å²) < 4.78 is 53.2. The normalized spacial score (nSPS) is 15.2. The van der Waals surface area contributed by atoms with Crippen molar-refractivity contribution in [3.05, 3.63) is 59.0 Å². The molecule has 3 aromatic rings. The van der Waals surface area contributed by atoms with Crippen LogP contribution in [0.25, 0.3) is 5.65 Å². The first-order chi connectivity index (χ1) is 14.9. The third-order valence-corrected chi connectivity index (χ3v) is 5.38. The van der Waals surface area contributed by atoms with Crippen molar-refractivity contribution in [2.75, 3.05) is 18.4 Å². The van der Waals surface area contributed by atoms with E-state index in [1.807, 2.05) is 12.1 Å². The number of anilines is 1. The number of quaternary nitrogens is 1. The van der Waals surface area contributed by atoms with Crippen LogP contribution in [0, 0.1) is 0 Å². The van der Waals surface area contributed by atoms with Gasteiger partial charge in [0, 0.05) is 17.3 Å². The summed E-state index contributed by atoms with van der Waals surface area (Å²) in [6.07, 6.45) is -2.30. The molecule has 0 aliphatic carbocycles. The van der Waals surface area contributed by atoms with Crippen LogP contribution >= 0.6 is 0 Å².